The monoisotopic (exact) mass is 367 g/mol. The van der Waals surface area contributed by atoms with E-state index in [0.29, 0.717) is 5.02 Å². The van der Waals surface area contributed by atoms with Crippen molar-refractivity contribution in [3.8, 4) is 0 Å². The zero-order chi connectivity index (χ0) is 13.1. The van der Waals surface area contributed by atoms with Crippen molar-refractivity contribution in [2.45, 2.75) is 26.4 Å². The number of carbonyl (C=O) groups excluding carboxylic acids is 1. The predicted molar refractivity (Wildman–Crippen MR) is 78.5 cm³/mol. The fourth-order valence-corrected chi connectivity index (χ4v) is 2.24. The largest absolute Gasteiger partial charge is 0.459 e. The molecule has 0 saturated carbocycles. The number of esters is 1. The van der Waals surface area contributed by atoms with Gasteiger partial charge in [-0.25, -0.2) is 0 Å². The van der Waals surface area contributed by atoms with Gasteiger partial charge in [-0.15, -0.1) is 0 Å². The lowest BCUT2D eigenvalue weighted by Crippen LogP contribution is -2.28. The molecule has 5 heteroatoms. The van der Waals surface area contributed by atoms with Gasteiger partial charge in [-0.2, -0.15) is 0 Å². The van der Waals surface area contributed by atoms with Gasteiger partial charge in [-0.3, -0.25) is 4.79 Å². The van der Waals surface area contributed by atoms with Crippen LogP contribution in [0.2, 0.25) is 5.02 Å². The van der Waals surface area contributed by atoms with E-state index in [4.69, 9.17) is 16.3 Å². The first-order valence-corrected chi connectivity index (χ1v) is 6.64. The van der Waals surface area contributed by atoms with Gasteiger partial charge in [0.25, 0.3) is 0 Å². The second kappa shape index (κ2) is 5.91. The molecule has 1 rings (SSSR count). The van der Waals surface area contributed by atoms with E-state index in [0.717, 1.165) is 9.26 Å². The van der Waals surface area contributed by atoms with Crippen LogP contribution in [0.5, 0.6) is 0 Å². The lowest BCUT2D eigenvalue weighted by molar-refractivity contribution is -0.152. The summed E-state index contributed by atoms with van der Waals surface area (Å²) in [5.41, 5.74) is 0.423. The normalized spacial score (nSPS) is 11.1. The summed E-state index contributed by atoms with van der Waals surface area (Å²) in [5, 5.41) is 3.70. The van der Waals surface area contributed by atoms with Crippen molar-refractivity contribution >= 4 is 45.8 Å². The maximum absolute atomic E-state index is 11.5. The molecule has 0 atom stereocenters. The molecule has 1 aromatic carbocycles. The summed E-state index contributed by atoms with van der Waals surface area (Å²) in [6.45, 7) is 5.68. The zero-order valence-electron chi connectivity index (χ0n) is 10.0. The number of nitrogens with one attached hydrogen (secondary N) is 1. The third kappa shape index (κ3) is 5.59. The predicted octanol–water partition coefficient (Wildman–Crippen LogP) is 3.70. The van der Waals surface area contributed by atoms with Gasteiger partial charge in [0.05, 0.1) is 0 Å². The van der Waals surface area contributed by atoms with Gasteiger partial charge >= 0.3 is 5.97 Å². The molecule has 0 bridgehead atoms. The number of hydrogen-bond acceptors (Lipinski definition) is 3. The number of rotatable bonds is 3. The first-order valence-electron chi connectivity index (χ1n) is 5.19. The third-order valence-electron chi connectivity index (χ3n) is 1.77. The topological polar surface area (TPSA) is 38.3 Å². The Morgan fingerprint density at radius 2 is 2.12 bits per heavy atom. The zero-order valence-corrected chi connectivity index (χ0v) is 12.9. The van der Waals surface area contributed by atoms with E-state index in [1.807, 2.05) is 32.9 Å². The summed E-state index contributed by atoms with van der Waals surface area (Å²) < 4.78 is 6.16. The van der Waals surface area contributed by atoms with Crippen LogP contribution in [0.1, 0.15) is 20.8 Å². The highest BCUT2D eigenvalue weighted by atomic mass is 127. The Morgan fingerprint density at radius 3 is 2.65 bits per heavy atom. The Hall–Kier alpha value is -0.490. The molecule has 0 radical (unpaired) electrons. The van der Waals surface area contributed by atoms with Crippen LogP contribution < -0.4 is 5.32 Å². The van der Waals surface area contributed by atoms with Gasteiger partial charge in [-0.05, 0) is 61.6 Å². The third-order valence-corrected chi connectivity index (χ3v) is 2.90. The molecule has 0 aliphatic carbocycles. The summed E-state index contributed by atoms with van der Waals surface area (Å²) in [7, 11) is 0. The van der Waals surface area contributed by atoms with Crippen molar-refractivity contribution in [2.75, 3.05) is 11.9 Å². The molecule has 1 N–H and O–H groups in total. The first-order chi connectivity index (χ1) is 7.78. The number of hydrogen-bond donors (Lipinski definition) is 1. The molecule has 0 aliphatic heterocycles. The molecule has 0 heterocycles. The van der Waals surface area contributed by atoms with Crippen LogP contribution in [0.4, 0.5) is 5.69 Å². The summed E-state index contributed by atoms with van der Waals surface area (Å²) in [6, 6.07) is 5.45. The van der Waals surface area contributed by atoms with Crippen molar-refractivity contribution < 1.29 is 9.53 Å². The molecule has 0 amide bonds. The van der Waals surface area contributed by atoms with E-state index >= 15 is 0 Å². The van der Waals surface area contributed by atoms with Gasteiger partial charge in [0.1, 0.15) is 12.1 Å². The van der Waals surface area contributed by atoms with E-state index < -0.39 is 5.60 Å². The average molecular weight is 368 g/mol. The quantitative estimate of drug-likeness (QED) is 0.654. The van der Waals surface area contributed by atoms with Crippen LogP contribution in [-0.4, -0.2) is 18.1 Å². The lowest BCUT2D eigenvalue weighted by Gasteiger charge is -2.19. The molecule has 1 aromatic rings. The molecule has 0 spiro atoms. The van der Waals surface area contributed by atoms with E-state index in [-0.39, 0.29) is 12.5 Å². The van der Waals surface area contributed by atoms with Crippen molar-refractivity contribution in [1.29, 1.82) is 0 Å². The summed E-state index contributed by atoms with van der Waals surface area (Å²) >= 11 is 8.00. The van der Waals surface area contributed by atoms with Gasteiger partial charge in [-0.1, -0.05) is 11.6 Å². The van der Waals surface area contributed by atoms with Crippen molar-refractivity contribution in [3.05, 3.63) is 26.8 Å². The van der Waals surface area contributed by atoms with Crippen LogP contribution in [0.25, 0.3) is 0 Å². The second-order valence-electron chi connectivity index (χ2n) is 4.56. The van der Waals surface area contributed by atoms with Gasteiger partial charge in [0, 0.05) is 14.3 Å². The maximum Gasteiger partial charge on any atom is 0.325 e. The molecule has 17 heavy (non-hydrogen) atoms. The average Bonchev–Trinajstić information content (AvgIpc) is 2.13. The molecule has 0 aliphatic rings. The highest BCUT2D eigenvalue weighted by Crippen LogP contribution is 2.22. The Labute approximate surface area is 120 Å². The van der Waals surface area contributed by atoms with E-state index in [1.165, 1.54) is 0 Å². The Balaban J connectivity index is 2.53. The fraction of sp³-hybridized carbons (Fsp3) is 0.417. The first kappa shape index (κ1) is 14.6. The Morgan fingerprint density at radius 1 is 1.47 bits per heavy atom. The molecular weight excluding hydrogens is 352 g/mol. The van der Waals surface area contributed by atoms with Crippen molar-refractivity contribution in [3.63, 3.8) is 0 Å². The number of benzene rings is 1. The molecule has 0 unspecified atom stereocenters. The van der Waals surface area contributed by atoms with Crippen LogP contribution in [0.3, 0.4) is 0 Å². The van der Waals surface area contributed by atoms with Crippen LogP contribution in [-0.2, 0) is 9.53 Å². The minimum Gasteiger partial charge on any atom is -0.459 e. The highest BCUT2D eigenvalue weighted by Gasteiger charge is 2.15. The smallest absolute Gasteiger partial charge is 0.325 e. The minimum atomic E-state index is -0.452. The SMILES string of the molecule is CC(C)(C)OC(=O)CNc1ccc(Cl)cc1I. The van der Waals surface area contributed by atoms with Crippen LogP contribution in [0.15, 0.2) is 18.2 Å². The second-order valence-corrected chi connectivity index (χ2v) is 6.16. The minimum absolute atomic E-state index is 0.148. The molecule has 3 nitrogen and oxygen atoms in total. The van der Waals surface area contributed by atoms with E-state index in [1.54, 1.807) is 6.07 Å². The van der Waals surface area contributed by atoms with Crippen LogP contribution >= 0.6 is 34.2 Å². The van der Waals surface area contributed by atoms with E-state index in [9.17, 15) is 4.79 Å². The lowest BCUT2D eigenvalue weighted by atomic mass is 10.2. The summed E-state index contributed by atoms with van der Waals surface area (Å²) in [5.74, 6) is -0.275. The molecule has 0 saturated heterocycles. The Bertz CT molecular complexity index is 415. The number of carbonyl (C=O) groups is 1. The highest BCUT2D eigenvalue weighted by molar-refractivity contribution is 14.1. The standard InChI is InChI=1S/C12H15ClINO2/c1-12(2,3)17-11(16)7-15-10-5-4-8(13)6-9(10)14/h4-6,15H,7H2,1-3H3. The number of halogens is 2. The van der Waals surface area contributed by atoms with E-state index in [2.05, 4.69) is 27.9 Å². The fourth-order valence-electron chi connectivity index (χ4n) is 1.18. The summed E-state index contributed by atoms with van der Waals surface area (Å²) in [4.78, 5) is 11.5. The molecular formula is C12H15ClINO2. The van der Waals surface area contributed by atoms with Crippen LogP contribution in [0, 0.1) is 3.57 Å². The van der Waals surface area contributed by atoms with Crippen molar-refractivity contribution in [2.24, 2.45) is 0 Å². The molecule has 94 valence electrons. The van der Waals surface area contributed by atoms with Crippen molar-refractivity contribution in [1.82, 2.24) is 0 Å². The Kier molecular flexibility index (Phi) is 5.06. The van der Waals surface area contributed by atoms with Gasteiger partial charge in [0.2, 0.25) is 0 Å². The van der Waals surface area contributed by atoms with Gasteiger partial charge in [0.15, 0.2) is 0 Å². The summed E-state index contributed by atoms with van der Waals surface area (Å²) in [6.07, 6.45) is 0. The van der Waals surface area contributed by atoms with Gasteiger partial charge < -0.3 is 10.1 Å². The number of anilines is 1. The number of ether oxygens (including phenoxy) is 1. The molecule has 0 aromatic heterocycles. The molecule has 0 fully saturated rings. The maximum atomic E-state index is 11.5.